The molecule has 2 aliphatic rings. The Bertz CT molecular complexity index is 965. The van der Waals surface area contributed by atoms with Gasteiger partial charge < -0.3 is 15.0 Å². The van der Waals surface area contributed by atoms with Crippen molar-refractivity contribution in [3.63, 3.8) is 0 Å². The predicted molar refractivity (Wildman–Crippen MR) is 123 cm³/mol. The Morgan fingerprint density at radius 3 is 2.38 bits per heavy atom. The summed E-state index contributed by atoms with van der Waals surface area (Å²) in [6.45, 7) is 6.27. The van der Waals surface area contributed by atoms with Crippen LogP contribution in [0.2, 0.25) is 0 Å². The number of piperidine rings is 1. The first-order valence-electron chi connectivity index (χ1n) is 11.5. The summed E-state index contributed by atoms with van der Waals surface area (Å²) in [5.41, 5.74) is 2.65. The van der Waals surface area contributed by atoms with E-state index in [1.165, 1.54) is 0 Å². The van der Waals surface area contributed by atoms with Gasteiger partial charge in [0.15, 0.2) is 0 Å². The number of hydrogen-bond donors (Lipinski definition) is 1. The van der Waals surface area contributed by atoms with Crippen LogP contribution in [-0.4, -0.2) is 55.0 Å². The maximum Gasteiger partial charge on any atom is 0.233 e. The number of aromatic nitrogens is 1. The number of nitrogens with zero attached hydrogens (tertiary/aromatic N) is 2. The van der Waals surface area contributed by atoms with Gasteiger partial charge in [0.05, 0.1) is 11.1 Å². The van der Waals surface area contributed by atoms with Crippen LogP contribution in [0.4, 0.5) is 0 Å². The Morgan fingerprint density at radius 2 is 1.75 bits per heavy atom. The summed E-state index contributed by atoms with van der Waals surface area (Å²) in [6, 6.07) is 12.1. The zero-order valence-electron chi connectivity index (χ0n) is 19.3. The van der Waals surface area contributed by atoms with E-state index in [0.29, 0.717) is 45.6 Å². The molecule has 1 N–H and O–H groups in total. The summed E-state index contributed by atoms with van der Waals surface area (Å²) in [5, 5.41) is 2.83. The van der Waals surface area contributed by atoms with Crippen LogP contribution in [0.1, 0.15) is 48.1 Å². The zero-order chi connectivity index (χ0) is 22.8. The van der Waals surface area contributed by atoms with E-state index in [4.69, 9.17) is 4.74 Å². The van der Waals surface area contributed by atoms with Gasteiger partial charge in [0.2, 0.25) is 11.8 Å². The monoisotopic (exact) mass is 435 g/mol. The minimum Gasteiger partial charge on any atom is -0.381 e. The van der Waals surface area contributed by atoms with Gasteiger partial charge in [-0.1, -0.05) is 35.4 Å². The molecule has 2 amide bonds. The summed E-state index contributed by atoms with van der Waals surface area (Å²) in [6.07, 6.45) is 4.46. The molecule has 1 aromatic heterocycles. The fourth-order valence-corrected chi connectivity index (χ4v) is 5.52. The van der Waals surface area contributed by atoms with Crippen LogP contribution in [0, 0.1) is 13.8 Å². The molecule has 1 atom stereocenters. The number of likely N-dealkylation sites (N-methyl/N-ethyl adjacent to an activating group) is 1. The van der Waals surface area contributed by atoms with Crippen LogP contribution >= 0.6 is 0 Å². The molecule has 0 radical (unpaired) electrons. The summed E-state index contributed by atoms with van der Waals surface area (Å²) >= 11 is 0. The molecule has 2 aliphatic heterocycles. The number of pyridine rings is 1. The fourth-order valence-electron chi connectivity index (χ4n) is 5.52. The van der Waals surface area contributed by atoms with E-state index >= 15 is 0 Å². The van der Waals surface area contributed by atoms with Gasteiger partial charge in [0.25, 0.3) is 0 Å². The number of amides is 2. The Hall–Kier alpha value is -2.73. The van der Waals surface area contributed by atoms with Gasteiger partial charge in [-0.25, -0.2) is 0 Å². The smallest absolute Gasteiger partial charge is 0.233 e. The number of benzene rings is 1. The number of likely N-dealkylation sites (tertiary alicyclic amines) is 1. The molecule has 0 aliphatic carbocycles. The van der Waals surface area contributed by atoms with Gasteiger partial charge in [0, 0.05) is 39.5 Å². The van der Waals surface area contributed by atoms with Crippen molar-refractivity contribution in [2.75, 3.05) is 33.4 Å². The number of hydrogen-bond acceptors (Lipinski definition) is 4. The van der Waals surface area contributed by atoms with Gasteiger partial charge in [-0.15, -0.1) is 0 Å². The molecule has 0 bridgehead atoms. The van der Waals surface area contributed by atoms with Crippen LogP contribution in [0.5, 0.6) is 0 Å². The standard InChI is InChI=1S/C26H33N3O3/c1-19-15-20(2)17-21(16-19)25(9-13-32-14-10-25)24(31)29-12-6-8-26(18-29,23(30)27-3)22-7-4-5-11-28-22/h4-5,7,11,15-17H,6,8-10,12-14,18H2,1-3H3,(H,27,30). The van der Waals surface area contributed by atoms with Crippen molar-refractivity contribution < 1.29 is 14.3 Å². The highest BCUT2D eigenvalue weighted by Crippen LogP contribution is 2.41. The molecule has 2 fully saturated rings. The Balaban J connectivity index is 1.73. The van der Waals surface area contributed by atoms with Gasteiger partial charge in [-0.3, -0.25) is 14.6 Å². The predicted octanol–water partition coefficient (Wildman–Crippen LogP) is 3.05. The zero-order valence-corrected chi connectivity index (χ0v) is 19.3. The third-order valence-electron chi connectivity index (χ3n) is 7.13. The van der Waals surface area contributed by atoms with E-state index in [0.717, 1.165) is 28.8 Å². The molecule has 32 heavy (non-hydrogen) atoms. The largest absolute Gasteiger partial charge is 0.381 e. The Labute approximate surface area is 190 Å². The number of aryl methyl sites for hydroxylation is 2. The number of nitrogens with one attached hydrogen (secondary N) is 1. The van der Waals surface area contributed by atoms with Crippen molar-refractivity contribution in [3.8, 4) is 0 Å². The molecule has 170 valence electrons. The summed E-state index contributed by atoms with van der Waals surface area (Å²) in [4.78, 5) is 33.9. The highest BCUT2D eigenvalue weighted by molar-refractivity contribution is 5.92. The molecule has 6 nitrogen and oxygen atoms in total. The van der Waals surface area contributed by atoms with Crippen LogP contribution in [-0.2, 0) is 25.2 Å². The van der Waals surface area contributed by atoms with Crippen LogP contribution in [0.3, 0.4) is 0 Å². The summed E-state index contributed by atoms with van der Waals surface area (Å²) in [7, 11) is 1.66. The summed E-state index contributed by atoms with van der Waals surface area (Å²) < 4.78 is 5.67. The second-order valence-corrected chi connectivity index (χ2v) is 9.28. The van der Waals surface area contributed by atoms with Crippen molar-refractivity contribution in [2.24, 2.45) is 0 Å². The second-order valence-electron chi connectivity index (χ2n) is 9.28. The third kappa shape index (κ3) is 3.92. The summed E-state index contributed by atoms with van der Waals surface area (Å²) in [5.74, 6) is 0.0239. The van der Waals surface area contributed by atoms with Crippen LogP contribution in [0.15, 0.2) is 42.6 Å². The maximum absolute atomic E-state index is 14.2. The first kappa shape index (κ1) is 22.5. The lowest BCUT2D eigenvalue weighted by molar-refractivity contribution is -0.145. The van der Waals surface area contributed by atoms with Gasteiger partial charge in [0.1, 0.15) is 5.41 Å². The molecule has 2 aromatic rings. The van der Waals surface area contributed by atoms with Crippen molar-refractivity contribution in [1.82, 2.24) is 15.2 Å². The van der Waals surface area contributed by atoms with Crippen LogP contribution in [0.25, 0.3) is 0 Å². The van der Waals surface area contributed by atoms with E-state index in [2.05, 4.69) is 42.3 Å². The van der Waals surface area contributed by atoms with Crippen molar-refractivity contribution in [3.05, 3.63) is 65.0 Å². The lowest BCUT2D eigenvalue weighted by Crippen LogP contribution is -2.59. The van der Waals surface area contributed by atoms with Gasteiger partial charge in [-0.2, -0.15) is 0 Å². The second kappa shape index (κ2) is 9.02. The Kier molecular flexibility index (Phi) is 6.33. The number of carbonyl (C=O) groups is 2. The average molecular weight is 436 g/mol. The molecule has 0 spiro atoms. The molecular formula is C26H33N3O3. The number of ether oxygens (including phenoxy) is 1. The maximum atomic E-state index is 14.2. The normalized spacial score (nSPS) is 22.9. The number of carbonyl (C=O) groups excluding carboxylic acids is 2. The lowest BCUT2D eigenvalue weighted by Gasteiger charge is -2.46. The van der Waals surface area contributed by atoms with E-state index in [1.54, 1.807) is 13.2 Å². The van der Waals surface area contributed by atoms with Gasteiger partial charge in [-0.05, 0) is 57.2 Å². The van der Waals surface area contributed by atoms with E-state index < -0.39 is 10.8 Å². The van der Waals surface area contributed by atoms with Gasteiger partial charge >= 0.3 is 0 Å². The number of rotatable bonds is 4. The first-order chi connectivity index (χ1) is 15.4. The molecule has 2 saturated heterocycles. The highest BCUT2D eigenvalue weighted by Gasteiger charge is 2.50. The first-order valence-corrected chi connectivity index (χ1v) is 11.5. The SMILES string of the molecule is CNC(=O)C1(c2ccccn2)CCCN(C(=O)C2(c3cc(C)cc(C)c3)CCOCC2)C1. The molecule has 1 unspecified atom stereocenters. The molecule has 4 rings (SSSR count). The molecule has 6 heteroatoms. The highest BCUT2D eigenvalue weighted by atomic mass is 16.5. The van der Waals surface area contributed by atoms with Crippen LogP contribution < -0.4 is 5.32 Å². The Morgan fingerprint density at radius 1 is 1.03 bits per heavy atom. The third-order valence-corrected chi connectivity index (χ3v) is 7.13. The minimum atomic E-state index is -0.835. The lowest BCUT2D eigenvalue weighted by atomic mass is 9.70. The molecule has 1 aromatic carbocycles. The molecule has 3 heterocycles. The fraction of sp³-hybridized carbons (Fsp3) is 0.500. The van der Waals surface area contributed by atoms with Crippen molar-refractivity contribution in [2.45, 2.75) is 50.4 Å². The van der Waals surface area contributed by atoms with E-state index in [1.807, 2.05) is 23.1 Å². The minimum absolute atomic E-state index is 0.0823. The van der Waals surface area contributed by atoms with E-state index in [9.17, 15) is 9.59 Å². The molecule has 0 saturated carbocycles. The van der Waals surface area contributed by atoms with E-state index in [-0.39, 0.29) is 11.8 Å². The average Bonchev–Trinajstić information content (AvgIpc) is 2.83. The van der Waals surface area contributed by atoms with Crippen molar-refractivity contribution >= 4 is 11.8 Å². The topological polar surface area (TPSA) is 71.5 Å². The quantitative estimate of drug-likeness (QED) is 0.801. The van der Waals surface area contributed by atoms with Crippen molar-refractivity contribution in [1.29, 1.82) is 0 Å². The molecular weight excluding hydrogens is 402 g/mol.